The first-order chi connectivity index (χ1) is 14.8. The molecule has 1 amide bonds. The van der Waals surface area contributed by atoms with Crippen LogP contribution < -0.4 is 4.90 Å². The number of carbonyl (C=O) groups is 1. The minimum absolute atomic E-state index is 0.123. The zero-order valence-corrected chi connectivity index (χ0v) is 18.5. The van der Waals surface area contributed by atoms with Gasteiger partial charge in [-0.3, -0.25) is 4.79 Å². The molecule has 3 atom stereocenters. The molecule has 0 radical (unpaired) electrons. The Kier molecular flexibility index (Phi) is 4.74. The number of hydrogen-bond acceptors (Lipinski definition) is 3. The first-order valence-corrected chi connectivity index (χ1v) is 12.5. The molecular weight excluding hydrogens is 406 g/mol. The van der Waals surface area contributed by atoms with Crippen LogP contribution >= 0.6 is 0 Å². The summed E-state index contributed by atoms with van der Waals surface area (Å²) < 4.78 is 24.5. The highest BCUT2D eigenvalue weighted by Gasteiger charge is 2.49. The molecular formula is C26H25NO3S. The number of anilines is 1. The summed E-state index contributed by atoms with van der Waals surface area (Å²) in [6, 6.07) is 23.5. The van der Waals surface area contributed by atoms with Gasteiger partial charge in [0.05, 0.1) is 10.8 Å². The van der Waals surface area contributed by atoms with E-state index >= 15 is 0 Å². The van der Waals surface area contributed by atoms with E-state index in [4.69, 9.17) is 0 Å². The van der Waals surface area contributed by atoms with E-state index in [1.807, 2.05) is 72.5 Å². The van der Waals surface area contributed by atoms with E-state index in [2.05, 4.69) is 0 Å². The molecule has 31 heavy (non-hydrogen) atoms. The molecule has 0 N–H and O–H groups in total. The normalized spacial score (nSPS) is 22.8. The Labute approximate surface area is 183 Å². The molecule has 1 heterocycles. The molecule has 0 aromatic heterocycles. The molecule has 0 saturated carbocycles. The van der Waals surface area contributed by atoms with Crippen molar-refractivity contribution in [3.63, 3.8) is 0 Å². The molecule has 1 saturated heterocycles. The summed E-state index contributed by atoms with van der Waals surface area (Å²) >= 11 is 0. The van der Waals surface area contributed by atoms with Crippen molar-refractivity contribution >= 4 is 21.4 Å². The predicted octanol–water partition coefficient (Wildman–Crippen LogP) is 4.37. The topological polar surface area (TPSA) is 54.5 Å². The van der Waals surface area contributed by atoms with Gasteiger partial charge in [-0.15, -0.1) is 0 Å². The Morgan fingerprint density at radius 2 is 1.65 bits per heavy atom. The van der Waals surface area contributed by atoms with Gasteiger partial charge in [0.15, 0.2) is 9.84 Å². The summed E-state index contributed by atoms with van der Waals surface area (Å²) in [7, 11) is -3.33. The SMILES string of the molecule is Cc1ccc(N2CC3Cc4ccc(S(C)(=O)=O)cc4C(c4ccccc4)C3C2=O)cc1. The van der Waals surface area contributed by atoms with Gasteiger partial charge in [-0.1, -0.05) is 54.1 Å². The fourth-order valence-corrected chi connectivity index (χ4v) is 5.84. The maximum Gasteiger partial charge on any atom is 0.231 e. The van der Waals surface area contributed by atoms with Gasteiger partial charge in [0, 0.05) is 24.4 Å². The van der Waals surface area contributed by atoms with Gasteiger partial charge in [0.1, 0.15) is 0 Å². The second kappa shape index (κ2) is 7.34. The molecule has 0 spiro atoms. The van der Waals surface area contributed by atoms with E-state index in [9.17, 15) is 13.2 Å². The minimum atomic E-state index is -3.33. The fourth-order valence-electron chi connectivity index (χ4n) is 5.19. The lowest BCUT2D eigenvalue weighted by Crippen LogP contribution is -2.33. The lowest BCUT2D eigenvalue weighted by atomic mass is 9.68. The van der Waals surface area contributed by atoms with Crippen molar-refractivity contribution in [2.45, 2.75) is 24.2 Å². The number of benzene rings is 3. The lowest BCUT2D eigenvalue weighted by molar-refractivity contribution is -0.121. The maximum absolute atomic E-state index is 13.7. The number of fused-ring (bicyclic) bond motifs is 2. The summed E-state index contributed by atoms with van der Waals surface area (Å²) in [4.78, 5) is 15.9. The van der Waals surface area contributed by atoms with Crippen molar-refractivity contribution in [2.75, 3.05) is 17.7 Å². The van der Waals surface area contributed by atoms with E-state index in [0.29, 0.717) is 11.4 Å². The molecule has 3 aromatic carbocycles. The first-order valence-electron chi connectivity index (χ1n) is 10.6. The van der Waals surface area contributed by atoms with Crippen LogP contribution in [0.1, 0.15) is 28.2 Å². The quantitative estimate of drug-likeness (QED) is 0.619. The number of sulfone groups is 1. The van der Waals surface area contributed by atoms with Gasteiger partial charge >= 0.3 is 0 Å². The summed E-state index contributed by atoms with van der Waals surface area (Å²) in [6.07, 6.45) is 2.01. The van der Waals surface area contributed by atoms with E-state index < -0.39 is 9.84 Å². The Morgan fingerprint density at radius 1 is 0.935 bits per heavy atom. The van der Waals surface area contributed by atoms with Crippen LogP contribution in [0, 0.1) is 18.8 Å². The van der Waals surface area contributed by atoms with E-state index in [1.54, 1.807) is 12.1 Å². The second-order valence-electron chi connectivity index (χ2n) is 8.80. The van der Waals surface area contributed by atoms with Crippen molar-refractivity contribution in [2.24, 2.45) is 11.8 Å². The molecule has 5 heteroatoms. The number of hydrogen-bond donors (Lipinski definition) is 0. The zero-order valence-electron chi connectivity index (χ0n) is 17.7. The predicted molar refractivity (Wildman–Crippen MR) is 122 cm³/mol. The van der Waals surface area contributed by atoms with Gasteiger partial charge in [-0.05, 0) is 60.2 Å². The van der Waals surface area contributed by atoms with Crippen molar-refractivity contribution in [3.05, 3.63) is 95.1 Å². The van der Waals surface area contributed by atoms with Gasteiger partial charge in [0.25, 0.3) is 0 Å². The van der Waals surface area contributed by atoms with Crippen LogP contribution in [0.15, 0.2) is 77.7 Å². The molecule has 3 unspecified atom stereocenters. The summed E-state index contributed by atoms with van der Waals surface area (Å²) in [5, 5.41) is 0. The third kappa shape index (κ3) is 3.47. The first kappa shape index (κ1) is 20.0. The third-order valence-corrected chi connectivity index (χ3v) is 7.81. The second-order valence-corrected chi connectivity index (χ2v) is 10.8. The average molecular weight is 432 g/mol. The molecule has 0 bridgehead atoms. The van der Waals surface area contributed by atoms with Crippen LogP contribution in [0.25, 0.3) is 0 Å². The van der Waals surface area contributed by atoms with Crippen molar-refractivity contribution in [1.82, 2.24) is 0 Å². The van der Waals surface area contributed by atoms with Crippen LogP contribution in [-0.2, 0) is 21.1 Å². The fraction of sp³-hybridized carbons (Fsp3) is 0.269. The number of carbonyl (C=O) groups excluding carboxylic acids is 1. The zero-order chi connectivity index (χ0) is 21.8. The maximum atomic E-state index is 13.7. The molecule has 3 aromatic rings. The van der Waals surface area contributed by atoms with Gasteiger partial charge in [0.2, 0.25) is 5.91 Å². The summed E-state index contributed by atoms with van der Waals surface area (Å²) in [5.41, 5.74) is 5.26. The smallest absolute Gasteiger partial charge is 0.231 e. The van der Waals surface area contributed by atoms with Crippen LogP contribution in [-0.4, -0.2) is 27.1 Å². The highest BCUT2D eigenvalue weighted by Crippen LogP contribution is 2.49. The Hall–Kier alpha value is -2.92. The minimum Gasteiger partial charge on any atom is -0.312 e. The van der Waals surface area contributed by atoms with E-state index in [-0.39, 0.29) is 23.7 Å². The van der Waals surface area contributed by atoms with Crippen molar-refractivity contribution < 1.29 is 13.2 Å². The summed E-state index contributed by atoms with van der Waals surface area (Å²) in [6.45, 7) is 2.72. The van der Waals surface area contributed by atoms with Crippen molar-refractivity contribution in [3.8, 4) is 0 Å². The summed E-state index contributed by atoms with van der Waals surface area (Å²) in [5.74, 6) is -0.0423. The number of rotatable bonds is 3. The van der Waals surface area contributed by atoms with Crippen LogP contribution in [0.4, 0.5) is 5.69 Å². The number of aryl methyl sites for hydroxylation is 1. The Morgan fingerprint density at radius 3 is 2.32 bits per heavy atom. The van der Waals surface area contributed by atoms with Crippen LogP contribution in [0.2, 0.25) is 0 Å². The largest absolute Gasteiger partial charge is 0.312 e. The molecule has 5 rings (SSSR count). The van der Waals surface area contributed by atoms with Gasteiger partial charge < -0.3 is 4.90 Å². The number of nitrogens with zero attached hydrogens (tertiary/aromatic N) is 1. The molecule has 1 fully saturated rings. The van der Waals surface area contributed by atoms with E-state index in [1.165, 1.54) is 6.26 Å². The number of amides is 1. The molecule has 1 aliphatic carbocycles. The van der Waals surface area contributed by atoms with Crippen LogP contribution in [0.3, 0.4) is 0 Å². The monoisotopic (exact) mass is 431 g/mol. The standard InChI is InChI=1S/C26H25NO3S/c1-17-8-11-21(12-9-17)27-16-20-14-19-10-13-22(31(2,29)30)15-23(19)24(25(20)26(27)28)18-6-4-3-5-7-18/h3-13,15,20,24-25H,14,16H2,1-2H3. The van der Waals surface area contributed by atoms with Crippen molar-refractivity contribution in [1.29, 1.82) is 0 Å². The third-order valence-electron chi connectivity index (χ3n) is 6.70. The van der Waals surface area contributed by atoms with Gasteiger partial charge in [-0.2, -0.15) is 0 Å². The highest BCUT2D eigenvalue weighted by molar-refractivity contribution is 7.90. The molecule has 4 nitrogen and oxygen atoms in total. The molecule has 2 aliphatic rings. The van der Waals surface area contributed by atoms with Gasteiger partial charge in [-0.25, -0.2) is 8.42 Å². The molecule has 158 valence electrons. The van der Waals surface area contributed by atoms with E-state index in [0.717, 1.165) is 34.4 Å². The van der Waals surface area contributed by atoms with Crippen LogP contribution in [0.5, 0.6) is 0 Å². The lowest BCUT2D eigenvalue weighted by Gasteiger charge is -2.34. The Bertz CT molecular complexity index is 1250. The average Bonchev–Trinajstić information content (AvgIpc) is 3.08. The highest BCUT2D eigenvalue weighted by atomic mass is 32.2. The molecule has 1 aliphatic heterocycles. The Balaban J connectivity index is 1.63.